The maximum Gasteiger partial charge on any atom is 0.490 e. The molecule has 1 unspecified atom stereocenters. The van der Waals surface area contributed by atoms with Gasteiger partial charge in [0.1, 0.15) is 17.7 Å². The van der Waals surface area contributed by atoms with E-state index in [0.29, 0.717) is 19.0 Å². The quantitative estimate of drug-likeness (QED) is 0.626. The van der Waals surface area contributed by atoms with Crippen LogP contribution in [-0.4, -0.2) is 80.3 Å². The molecule has 0 radical (unpaired) electrons. The van der Waals surface area contributed by atoms with E-state index in [9.17, 15) is 21.6 Å². The number of anilines is 1. The van der Waals surface area contributed by atoms with Crippen molar-refractivity contribution in [3.05, 3.63) is 12.4 Å². The summed E-state index contributed by atoms with van der Waals surface area (Å²) in [5, 5.41) is 7.12. The van der Waals surface area contributed by atoms with Crippen LogP contribution >= 0.6 is 0 Å². The molecule has 0 bridgehead atoms. The van der Waals surface area contributed by atoms with Crippen molar-refractivity contribution in [1.82, 2.24) is 14.7 Å². The van der Waals surface area contributed by atoms with E-state index in [1.54, 1.807) is 14.0 Å². The molecule has 1 aromatic rings. The van der Waals surface area contributed by atoms with E-state index in [0.717, 1.165) is 31.7 Å². The molecule has 0 amide bonds. The Balaban J connectivity index is 0.000000423. The number of aromatic nitrogens is 2. The Morgan fingerprint density at radius 2 is 2.06 bits per heavy atom. The molecule has 0 aromatic carbocycles. The summed E-state index contributed by atoms with van der Waals surface area (Å²) in [4.78, 5) is 19.3. The minimum Gasteiger partial charge on any atom is -0.481 e. The van der Waals surface area contributed by atoms with Crippen LogP contribution in [0.4, 0.5) is 19.0 Å². The Morgan fingerprint density at radius 1 is 1.42 bits per heavy atom. The maximum atomic E-state index is 11.5. The zero-order valence-corrected chi connectivity index (χ0v) is 17.9. The van der Waals surface area contributed by atoms with Gasteiger partial charge in [0.25, 0.3) is 0 Å². The highest BCUT2D eigenvalue weighted by atomic mass is 32.2. The van der Waals surface area contributed by atoms with Crippen molar-refractivity contribution in [3.8, 4) is 5.88 Å². The van der Waals surface area contributed by atoms with Crippen molar-refractivity contribution in [2.45, 2.75) is 31.5 Å². The van der Waals surface area contributed by atoms with Crippen LogP contribution in [0.2, 0.25) is 0 Å². The number of halogens is 3. The molecule has 3 rings (SSSR count). The van der Waals surface area contributed by atoms with Crippen molar-refractivity contribution in [2.75, 3.05) is 44.0 Å². The SMILES string of the molecule is CCS(=O)(=O)NCC1CCC2(CN(c3cc(OC)ncn3)C2)OC1.O=C(O)C(F)(F)F. The molecule has 0 aliphatic carbocycles. The molecule has 2 N–H and O–H groups in total. The van der Waals surface area contributed by atoms with Crippen LogP contribution in [0.1, 0.15) is 19.8 Å². The van der Waals surface area contributed by atoms with Gasteiger partial charge in [0.05, 0.1) is 32.6 Å². The predicted octanol–water partition coefficient (Wildman–Crippen LogP) is 1.04. The van der Waals surface area contributed by atoms with Crippen molar-refractivity contribution in [1.29, 1.82) is 0 Å². The number of aliphatic carboxylic acids is 1. The number of carboxylic acids is 1. The zero-order valence-electron chi connectivity index (χ0n) is 17.1. The van der Waals surface area contributed by atoms with Crippen molar-refractivity contribution in [3.63, 3.8) is 0 Å². The number of nitrogens with one attached hydrogen (secondary N) is 1. The molecule has 14 heteroatoms. The fourth-order valence-corrected chi connectivity index (χ4v) is 3.79. The minimum atomic E-state index is -5.08. The minimum absolute atomic E-state index is 0.113. The highest BCUT2D eigenvalue weighted by Gasteiger charge is 2.47. The molecule has 31 heavy (non-hydrogen) atoms. The second kappa shape index (κ2) is 9.96. The molecule has 2 saturated heterocycles. The summed E-state index contributed by atoms with van der Waals surface area (Å²) >= 11 is 0. The molecule has 1 spiro atoms. The number of carboxylic acid groups (broad SMARTS) is 1. The summed E-state index contributed by atoms with van der Waals surface area (Å²) < 4.78 is 68.6. The smallest absolute Gasteiger partial charge is 0.481 e. The molecule has 1 atom stereocenters. The number of methoxy groups -OCH3 is 1. The summed E-state index contributed by atoms with van der Waals surface area (Å²) in [6.07, 6.45) is -1.69. The summed E-state index contributed by atoms with van der Waals surface area (Å²) in [6.45, 7) is 4.27. The first-order valence-electron chi connectivity index (χ1n) is 9.42. The fraction of sp³-hybridized carbons (Fsp3) is 0.706. The average molecular weight is 470 g/mol. The molecule has 2 aliphatic rings. The third-order valence-corrected chi connectivity index (χ3v) is 6.33. The van der Waals surface area contributed by atoms with Gasteiger partial charge in [-0.3, -0.25) is 0 Å². The maximum absolute atomic E-state index is 11.5. The normalized spacial score (nSPS) is 20.4. The number of carbonyl (C=O) groups is 1. The van der Waals surface area contributed by atoms with Crippen LogP contribution in [0.5, 0.6) is 5.88 Å². The van der Waals surface area contributed by atoms with Crippen molar-refractivity contribution < 1.29 is 41.0 Å². The van der Waals surface area contributed by atoms with Gasteiger partial charge in [0.2, 0.25) is 15.9 Å². The largest absolute Gasteiger partial charge is 0.490 e. The van der Waals surface area contributed by atoms with E-state index in [-0.39, 0.29) is 17.3 Å². The van der Waals surface area contributed by atoms with E-state index in [4.69, 9.17) is 19.4 Å². The van der Waals surface area contributed by atoms with Crippen molar-refractivity contribution >= 4 is 21.8 Å². The summed E-state index contributed by atoms with van der Waals surface area (Å²) in [6, 6.07) is 1.82. The van der Waals surface area contributed by atoms with Gasteiger partial charge in [0.15, 0.2) is 0 Å². The van der Waals surface area contributed by atoms with Crippen LogP contribution in [-0.2, 0) is 19.6 Å². The van der Waals surface area contributed by atoms with Gasteiger partial charge >= 0.3 is 12.1 Å². The zero-order chi connectivity index (χ0) is 23.3. The van der Waals surface area contributed by atoms with E-state index in [1.807, 2.05) is 6.07 Å². The number of nitrogens with zero attached hydrogens (tertiary/aromatic N) is 3. The van der Waals surface area contributed by atoms with E-state index in [1.165, 1.54) is 6.33 Å². The molecular formula is C17H25F3N4O6S. The van der Waals surface area contributed by atoms with Crippen molar-refractivity contribution in [2.24, 2.45) is 5.92 Å². The summed E-state index contributed by atoms with van der Waals surface area (Å²) in [7, 11) is -1.55. The highest BCUT2D eigenvalue weighted by molar-refractivity contribution is 7.89. The monoisotopic (exact) mass is 470 g/mol. The third-order valence-electron chi connectivity index (χ3n) is 4.97. The highest BCUT2D eigenvalue weighted by Crippen LogP contribution is 2.38. The lowest BCUT2D eigenvalue weighted by molar-refractivity contribution is -0.192. The van der Waals surface area contributed by atoms with Crippen LogP contribution in [0.25, 0.3) is 0 Å². The number of ether oxygens (including phenoxy) is 2. The standard InChI is InChI=1S/C15H24N4O4S.C2HF3O2/c1-3-24(20,21)18-7-12-4-5-15(23-8-12)9-19(10-15)13-6-14(22-2)17-11-16-13;3-2(4,5)1(6)7/h6,11-12,18H,3-5,7-10H2,1-2H3;(H,6,7). The first-order chi connectivity index (χ1) is 14.4. The molecule has 10 nitrogen and oxygen atoms in total. The Morgan fingerprint density at radius 3 is 2.55 bits per heavy atom. The molecule has 1 aromatic heterocycles. The number of hydrogen-bond donors (Lipinski definition) is 2. The molecule has 2 aliphatic heterocycles. The number of hydrogen-bond acceptors (Lipinski definition) is 8. The summed E-state index contributed by atoms with van der Waals surface area (Å²) in [5.41, 5.74) is -0.127. The van der Waals surface area contributed by atoms with Crippen LogP contribution in [0.3, 0.4) is 0 Å². The fourth-order valence-electron chi connectivity index (χ4n) is 3.10. The van der Waals surface area contributed by atoms with Gasteiger partial charge < -0.3 is 19.5 Å². The second-order valence-corrected chi connectivity index (χ2v) is 9.32. The van der Waals surface area contributed by atoms with Gasteiger partial charge in [0, 0.05) is 12.6 Å². The van der Waals surface area contributed by atoms with Gasteiger partial charge in [-0.25, -0.2) is 27.9 Å². The van der Waals surface area contributed by atoms with Gasteiger partial charge in [-0.2, -0.15) is 13.2 Å². The number of alkyl halides is 3. The third kappa shape index (κ3) is 7.18. The predicted molar refractivity (Wildman–Crippen MR) is 103 cm³/mol. The summed E-state index contributed by atoms with van der Waals surface area (Å²) in [5.74, 6) is -1.01. The topological polar surface area (TPSA) is 131 Å². The Kier molecular flexibility index (Phi) is 8.05. The Hall–Kier alpha value is -2.19. The lowest BCUT2D eigenvalue weighted by atomic mass is 9.83. The Labute approximate surface area is 177 Å². The van der Waals surface area contributed by atoms with Gasteiger partial charge in [-0.1, -0.05) is 0 Å². The average Bonchev–Trinajstić information content (AvgIpc) is 2.71. The molecule has 176 valence electrons. The van der Waals surface area contributed by atoms with Gasteiger partial charge in [-0.05, 0) is 25.7 Å². The molecular weight excluding hydrogens is 445 g/mol. The van der Waals surface area contributed by atoms with Crippen LogP contribution in [0.15, 0.2) is 12.4 Å². The first kappa shape index (κ1) is 25.1. The van der Waals surface area contributed by atoms with E-state index in [2.05, 4.69) is 19.6 Å². The molecule has 0 saturated carbocycles. The second-order valence-electron chi connectivity index (χ2n) is 7.23. The number of sulfonamides is 1. The Bertz CT molecular complexity index is 852. The van der Waals surface area contributed by atoms with E-state index >= 15 is 0 Å². The molecule has 2 fully saturated rings. The van der Waals surface area contributed by atoms with Crippen LogP contribution in [0, 0.1) is 5.92 Å². The van der Waals surface area contributed by atoms with Crippen LogP contribution < -0.4 is 14.4 Å². The van der Waals surface area contributed by atoms with E-state index < -0.39 is 22.2 Å². The van der Waals surface area contributed by atoms with Gasteiger partial charge in [-0.15, -0.1) is 0 Å². The first-order valence-corrected chi connectivity index (χ1v) is 11.1. The molecule has 3 heterocycles. The number of rotatable bonds is 6. The lowest BCUT2D eigenvalue weighted by Crippen LogP contribution is -2.65. The lowest BCUT2D eigenvalue weighted by Gasteiger charge is -2.53.